The molecule has 0 aliphatic carbocycles. The molecule has 3 nitrogen and oxygen atoms in total. The third-order valence-electron chi connectivity index (χ3n) is 2.84. The van der Waals surface area contributed by atoms with Crippen LogP contribution in [0.1, 0.15) is 26.3 Å². The largest absolute Gasteiger partial charge is 0.419 e. The molecule has 0 bridgehead atoms. The summed E-state index contributed by atoms with van der Waals surface area (Å²) in [4.78, 5) is 22.3. The molecular weight excluding hydrogens is 302 g/mol. The first-order valence-electron chi connectivity index (χ1n) is 6.04. The van der Waals surface area contributed by atoms with E-state index < -0.39 is 23.5 Å². The molecule has 0 aliphatic heterocycles. The first kappa shape index (κ1) is 15.7. The maximum atomic E-state index is 13.4. The number of carbonyl (C=O) groups excluding carboxylic acids is 2. The molecule has 0 fully saturated rings. The lowest BCUT2D eigenvalue weighted by Crippen LogP contribution is -2.14. The first-order valence-corrected chi connectivity index (χ1v) is 6.04. The standard InChI is InChI=1S/C15H9F4NO2/c16-13-7-10(3-6-12(13)15(17,18)19)14(22)20-11-4-1-9(8-21)2-5-11/h1-8H,(H,20,22). The summed E-state index contributed by atoms with van der Waals surface area (Å²) < 4.78 is 50.7. The van der Waals surface area contributed by atoms with Crippen LogP contribution in [0.25, 0.3) is 0 Å². The number of hydrogen-bond donors (Lipinski definition) is 1. The molecule has 0 saturated carbocycles. The second kappa shape index (κ2) is 5.97. The van der Waals surface area contributed by atoms with Gasteiger partial charge in [0.15, 0.2) is 0 Å². The zero-order valence-electron chi connectivity index (χ0n) is 10.9. The summed E-state index contributed by atoms with van der Waals surface area (Å²) in [5.41, 5.74) is -0.946. The van der Waals surface area contributed by atoms with Gasteiger partial charge in [-0.1, -0.05) is 0 Å². The minimum absolute atomic E-state index is 0.245. The van der Waals surface area contributed by atoms with Crippen molar-refractivity contribution >= 4 is 17.9 Å². The highest BCUT2D eigenvalue weighted by atomic mass is 19.4. The average Bonchev–Trinajstić information content (AvgIpc) is 2.46. The number of anilines is 1. The van der Waals surface area contributed by atoms with Crippen molar-refractivity contribution in [3.63, 3.8) is 0 Å². The average molecular weight is 311 g/mol. The quantitative estimate of drug-likeness (QED) is 0.690. The Labute approximate surface area is 122 Å². The van der Waals surface area contributed by atoms with Crippen molar-refractivity contribution in [2.24, 2.45) is 0 Å². The van der Waals surface area contributed by atoms with Crippen molar-refractivity contribution in [3.8, 4) is 0 Å². The normalized spacial score (nSPS) is 11.1. The number of amides is 1. The Morgan fingerprint density at radius 3 is 2.18 bits per heavy atom. The van der Waals surface area contributed by atoms with Gasteiger partial charge in [-0.2, -0.15) is 13.2 Å². The molecule has 0 unspecified atom stereocenters. The number of hydrogen-bond acceptors (Lipinski definition) is 2. The zero-order valence-corrected chi connectivity index (χ0v) is 10.9. The Bertz CT molecular complexity index is 708. The van der Waals surface area contributed by atoms with Crippen LogP contribution in [0, 0.1) is 5.82 Å². The topological polar surface area (TPSA) is 46.2 Å². The molecule has 7 heteroatoms. The summed E-state index contributed by atoms with van der Waals surface area (Å²) in [5.74, 6) is -2.28. The Hall–Kier alpha value is -2.70. The molecule has 0 aromatic heterocycles. The van der Waals surface area contributed by atoms with Crippen LogP contribution < -0.4 is 5.32 Å². The van der Waals surface area contributed by atoms with Crippen molar-refractivity contribution in [2.45, 2.75) is 6.18 Å². The van der Waals surface area contributed by atoms with Crippen LogP contribution in [0.5, 0.6) is 0 Å². The molecule has 0 heterocycles. The van der Waals surface area contributed by atoms with Gasteiger partial charge >= 0.3 is 6.18 Å². The fraction of sp³-hybridized carbons (Fsp3) is 0.0667. The van der Waals surface area contributed by atoms with Crippen molar-refractivity contribution < 1.29 is 27.2 Å². The van der Waals surface area contributed by atoms with Gasteiger partial charge in [-0.3, -0.25) is 9.59 Å². The molecule has 1 N–H and O–H groups in total. The van der Waals surface area contributed by atoms with E-state index in [0.29, 0.717) is 29.7 Å². The van der Waals surface area contributed by atoms with Crippen LogP contribution in [0.15, 0.2) is 42.5 Å². The highest BCUT2D eigenvalue weighted by Crippen LogP contribution is 2.31. The van der Waals surface area contributed by atoms with Gasteiger partial charge in [0.25, 0.3) is 5.91 Å². The van der Waals surface area contributed by atoms with E-state index in [0.717, 1.165) is 6.07 Å². The van der Waals surface area contributed by atoms with Gasteiger partial charge in [0, 0.05) is 16.8 Å². The molecule has 2 rings (SSSR count). The van der Waals surface area contributed by atoms with Gasteiger partial charge < -0.3 is 5.32 Å². The Morgan fingerprint density at radius 1 is 1.05 bits per heavy atom. The monoisotopic (exact) mass is 311 g/mol. The molecule has 0 radical (unpaired) electrons. The predicted octanol–water partition coefficient (Wildman–Crippen LogP) is 3.91. The molecule has 0 atom stereocenters. The van der Waals surface area contributed by atoms with Crippen molar-refractivity contribution in [3.05, 3.63) is 65.0 Å². The number of rotatable bonds is 3. The Balaban J connectivity index is 2.19. The summed E-state index contributed by atoms with van der Waals surface area (Å²) in [7, 11) is 0. The molecule has 0 saturated heterocycles. The summed E-state index contributed by atoms with van der Waals surface area (Å²) in [6.07, 6.45) is -4.19. The number of alkyl halides is 3. The fourth-order valence-corrected chi connectivity index (χ4v) is 1.73. The number of halogens is 4. The third kappa shape index (κ3) is 3.49. The molecule has 1 amide bonds. The number of benzene rings is 2. The molecule has 2 aromatic carbocycles. The van der Waals surface area contributed by atoms with E-state index in [4.69, 9.17) is 0 Å². The van der Waals surface area contributed by atoms with E-state index in [1.807, 2.05) is 0 Å². The van der Waals surface area contributed by atoms with Crippen molar-refractivity contribution in [1.29, 1.82) is 0 Å². The van der Waals surface area contributed by atoms with Gasteiger partial charge in [0.2, 0.25) is 0 Å². The SMILES string of the molecule is O=Cc1ccc(NC(=O)c2ccc(C(F)(F)F)c(F)c2)cc1. The maximum absolute atomic E-state index is 13.4. The predicted molar refractivity (Wildman–Crippen MR) is 71.2 cm³/mol. The molecular formula is C15H9F4NO2. The lowest BCUT2D eigenvalue weighted by Gasteiger charge is -2.10. The van der Waals surface area contributed by atoms with E-state index in [-0.39, 0.29) is 5.56 Å². The lowest BCUT2D eigenvalue weighted by molar-refractivity contribution is -0.140. The smallest absolute Gasteiger partial charge is 0.322 e. The van der Waals surface area contributed by atoms with Crippen LogP contribution in [0.4, 0.5) is 23.2 Å². The second-order valence-corrected chi connectivity index (χ2v) is 4.39. The van der Waals surface area contributed by atoms with Crippen LogP contribution in [-0.4, -0.2) is 12.2 Å². The summed E-state index contributed by atoms with van der Waals surface area (Å²) in [6, 6.07) is 7.73. The van der Waals surface area contributed by atoms with Crippen molar-refractivity contribution in [2.75, 3.05) is 5.32 Å². The number of nitrogens with one attached hydrogen (secondary N) is 1. The minimum atomic E-state index is -4.82. The number of carbonyl (C=O) groups is 2. The molecule has 22 heavy (non-hydrogen) atoms. The van der Waals surface area contributed by atoms with Gasteiger partial charge in [-0.25, -0.2) is 4.39 Å². The van der Waals surface area contributed by atoms with Crippen LogP contribution >= 0.6 is 0 Å². The fourth-order valence-electron chi connectivity index (χ4n) is 1.73. The van der Waals surface area contributed by atoms with Gasteiger partial charge in [0.1, 0.15) is 12.1 Å². The Kier molecular flexibility index (Phi) is 4.25. The third-order valence-corrected chi connectivity index (χ3v) is 2.84. The van der Waals surface area contributed by atoms with E-state index >= 15 is 0 Å². The molecule has 0 aliphatic rings. The van der Waals surface area contributed by atoms with Crippen LogP contribution in [0.2, 0.25) is 0 Å². The van der Waals surface area contributed by atoms with E-state index in [2.05, 4.69) is 5.32 Å². The van der Waals surface area contributed by atoms with E-state index in [1.165, 1.54) is 24.3 Å². The summed E-state index contributed by atoms with van der Waals surface area (Å²) in [5, 5.41) is 2.39. The lowest BCUT2D eigenvalue weighted by atomic mass is 10.1. The molecule has 2 aromatic rings. The molecule has 0 spiro atoms. The van der Waals surface area contributed by atoms with Gasteiger partial charge in [-0.15, -0.1) is 0 Å². The van der Waals surface area contributed by atoms with Crippen molar-refractivity contribution in [1.82, 2.24) is 0 Å². The molecule has 114 valence electrons. The van der Waals surface area contributed by atoms with Gasteiger partial charge in [-0.05, 0) is 42.5 Å². The summed E-state index contributed by atoms with van der Waals surface area (Å²) in [6.45, 7) is 0. The second-order valence-electron chi connectivity index (χ2n) is 4.39. The van der Waals surface area contributed by atoms with E-state index in [1.54, 1.807) is 0 Å². The zero-order chi connectivity index (χ0) is 16.3. The maximum Gasteiger partial charge on any atom is 0.419 e. The minimum Gasteiger partial charge on any atom is -0.322 e. The van der Waals surface area contributed by atoms with Crippen LogP contribution in [0.3, 0.4) is 0 Å². The first-order chi connectivity index (χ1) is 10.3. The highest BCUT2D eigenvalue weighted by Gasteiger charge is 2.34. The van der Waals surface area contributed by atoms with Crippen LogP contribution in [-0.2, 0) is 6.18 Å². The Morgan fingerprint density at radius 2 is 1.68 bits per heavy atom. The van der Waals surface area contributed by atoms with E-state index in [9.17, 15) is 27.2 Å². The number of aldehydes is 1. The van der Waals surface area contributed by atoms with Gasteiger partial charge in [0.05, 0.1) is 5.56 Å². The summed E-state index contributed by atoms with van der Waals surface area (Å²) >= 11 is 0. The highest BCUT2D eigenvalue weighted by molar-refractivity contribution is 6.04.